The highest BCUT2D eigenvalue weighted by atomic mass is 16.1. The van der Waals surface area contributed by atoms with E-state index in [9.17, 15) is 4.79 Å². The molecule has 1 N–H and O–H groups in total. The first-order valence-electron chi connectivity index (χ1n) is 9.58. The molecule has 2 aromatic carbocycles. The third-order valence-corrected chi connectivity index (χ3v) is 5.58. The summed E-state index contributed by atoms with van der Waals surface area (Å²) in [5, 5.41) is 4.10. The maximum atomic E-state index is 12.7. The number of hydrogen-bond acceptors (Lipinski definition) is 3. The van der Waals surface area contributed by atoms with Gasteiger partial charge in [0.1, 0.15) is 0 Å². The van der Waals surface area contributed by atoms with Crippen LogP contribution in [0.2, 0.25) is 0 Å². The molecule has 4 rings (SSSR count). The van der Waals surface area contributed by atoms with Gasteiger partial charge in [0.2, 0.25) is 5.91 Å². The van der Waals surface area contributed by atoms with E-state index in [0.29, 0.717) is 0 Å². The lowest BCUT2D eigenvalue weighted by Crippen LogP contribution is -2.38. The number of benzene rings is 2. The van der Waals surface area contributed by atoms with E-state index in [1.807, 2.05) is 30.3 Å². The van der Waals surface area contributed by atoms with Crippen molar-refractivity contribution in [1.29, 1.82) is 0 Å². The van der Waals surface area contributed by atoms with Gasteiger partial charge >= 0.3 is 0 Å². The number of piperidine rings is 1. The normalized spacial score (nSPS) is 15.1. The summed E-state index contributed by atoms with van der Waals surface area (Å²) in [6, 6.07) is 16.5. The van der Waals surface area contributed by atoms with Crippen LogP contribution >= 0.6 is 0 Å². The number of hydrogen-bond donors (Lipinski definition) is 1. The molecule has 1 aromatic heterocycles. The highest BCUT2D eigenvalue weighted by molar-refractivity contribution is 5.94. The number of para-hydroxylation sites is 1. The molecule has 27 heavy (non-hydrogen) atoms. The van der Waals surface area contributed by atoms with Gasteiger partial charge in [0.15, 0.2) is 0 Å². The van der Waals surface area contributed by atoms with E-state index in [0.717, 1.165) is 42.5 Å². The second-order valence-corrected chi connectivity index (χ2v) is 7.44. The third kappa shape index (κ3) is 3.80. The number of amides is 1. The molecule has 0 atom stereocenters. The molecule has 4 heteroatoms. The van der Waals surface area contributed by atoms with E-state index >= 15 is 0 Å². The molecule has 1 saturated heterocycles. The van der Waals surface area contributed by atoms with Crippen LogP contribution in [0.1, 0.15) is 24.0 Å². The fourth-order valence-electron chi connectivity index (χ4n) is 3.71. The zero-order valence-electron chi connectivity index (χ0n) is 15.9. The molecule has 2 heterocycles. The van der Waals surface area contributed by atoms with Gasteiger partial charge in [-0.15, -0.1) is 0 Å². The van der Waals surface area contributed by atoms with Crippen molar-refractivity contribution in [2.24, 2.45) is 5.92 Å². The number of carbonyl (C=O) groups excluding carboxylic acids is 1. The predicted octanol–water partition coefficient (Wildman–Crippen LogP) is 4.71. The Bertz CT molecular complexity index is 974. The van der Waals surface area contributed by atoms with Crippen LogP contribution in [0.4, 0.5) is 11.4 Å². The van der Waals surface area contributed by atoms with Gasteiger partial charge in [0, 0.05) is 30.1 Å². The summed E-state index contributed by atoms with van der Waals surface area (Å²) >= 11 is 0. The molecule has 1 aliphatic rings. The van der Waals surface area contributed by atoms with Crippen LogP contribution in [0, 0.1) is 19.8 Å². The number of aromatic nitrogens is 1. The first-order chi connectivity index (χ1) is 13.1. The van der Waals surface area contributed by atoms with Crippen molar-refractivity contribution in [1.82, 2.24) is 4.98 Å². The molecular formula is C23H25N3O. The van der Waals surface area contributed by atoms with Crippen LogP contribution < -0.4 is 10.2 Å². The van der Waals surface area contributed by atoms with Gasteiger partial charge in [0.05, 0.1) is 17.4 Å². The summed E-state index contributed by atoms with van der Waals surface area (Å²) in [5.41, 5.74) is 5.61. The maximum absolute atomic E-state index is 12.7. The van der Waals surface area contributed by atoms with E-state index in [1.165, 1.54) is 16.8 Å². The Morgan fingerprint density at radius 2 is 1.81 bits per heavy atom. The molecule has 3 aromatic rings. The molecule has 0 unspecified atom stereocenters. The Hall–Kier alpha value is -2.88. The highest BCUT2D eigenvalue weighted by Crippen LogP contribution is 2.26. The number of aryl methyl sites for hydroxylation is 2. The van der Waals surface area contributed by atoms with Crippen molar-refractivity contribution in [2.75, 3.05) is 23.3 Å². The van der Waals surface area contributed by atoms with Crippen LogP contribution in [0.5, 0.6) is 0 Å². The molecule has 1 fully saturated rings. The van der Waals surface area contributed by atoms with Gasteiger partial charge in [-0.25, -0.2) is 0 Å². The minimum Gasteiger partial charge on any atom is -0.371 e. The standard InChI is InChI=1S/C23H25N3O/c1-16-7-8-21(13-17(16)2)26-11-9-18(10-12-26)23(27)25-20-14-19-5-3-4-6-22(19)24-15-20/h3-8,13-15,18H,9-12H2,1-2H3,(H,25,27). The van der Waals surface area contributed by atoms with Gasteiger partial charge < -0.3 is 10.2 Å². The van der Waals surface area contributed by atoms with Crippen molar-refractivity contribution in [3.8, 4) is 0 Å². The molecule has 0 saturated carbocycles. The molecule has 0 bridgehead atoms. The number of nitrogens with one attached hydrogen (secondary N) is 1. The van der Waals surface area contributed by atoms with Gasteiger partial charge in [-0.05, 0) is 62.1 Å². The van der Waals surface area contributed by atoms with Crippen LogP contribution in [-0.2, 0) is 4.79 Å². The number of nitrogens with zero attached hydrogens (tertiary/aromatic N) is 2. The lowest BCUT2D eigenvalue weighted by Gasteiger charge is -2.33. The average Bonchev–Trinajstić information content (AvgIpc) is 2.70. The zero-order chi connectivity index (χ0) is 18.8. The number of anilines is 2. The van der Waals surface area contributed by atoms with Crippen molar-refractivity contribution >= 4 is 28.2 Å². The Labute approximate surface area is 160 Å². The lowest BCUT2D eigenvalue weighted by atomic mass is 9.95. The van der Waals surface area contributed by atoms with E-state index < -0.39 is 0 Å². The molecular weight excluding hydrogens is 334 g/mol. The number of pyridine rings is 1. The van der Waals surface area contributed by atoms with Gasteiger partial charge in [-0.2, -0.15) is 0 Å². The smallest absolute Gasteiger partial charge is 0.227 e. The molecule has 0 radical (unpaired) electrons. The Morgan fingerprint density at radius 1 is 1.04 bits per heavy atom. The quantitative estimate of drug-likeness (QED) is 0.737. The lowest BCUT2D eigenvalue weighted by molar-refractivity contribution is -0.120. The summed E-state index contributed by atoms with van der Waals surface area (Å²) in [5.74, 6) is 0.158. The predicted molar refractivity (Wildman–Crippen MR) is 111 cm³/mol. The van der Waals surface area contributed by atoms with E-state index in [4.69, 9.17) is 0 Å². The Kier molecular flexibility index (Phi) is 4.80. The second-order valence-electron chi connectivity index (χ2n) is 7.44. The fourth-order valence-corrected chi connectivity index (χ4v) is 3.71. The van der Waals surface area contributed by atoms with Crippen LogP contribution in [0.3, 0.4) is 0 Å². The maximum Gasteiger partial charge on any atom is 0.227 e. The molecule has 1 aliphatic heterocycles. The number of carbonyl (C=O) groups is 1. The van der Waals surface area contributed by atoms with E-state index in [1.54, 1.807) is 6.20 Å². The monoisotopic (exact) mass is 359 g/mol. The molecule has 0 aliphatic carbocycles. The largest absolute Gasteiger partial charge is 0.371 e. The van der Waals surface area contributed by atoms with E-state index in [-0.39, 0.29) is 11.8 Å². The highest BCUT2D eigenvalue weighted by Gasteiger charge is 2.25. The SMILES string of the molecule is Cc1ccc(N2CCC(C(=O)Nc3cnc4ccccc4c3)CC2)cc1C. The van der Waals surface area contributed by atoms with Gasteiger partial charge in [0.25, 0.3) is 0 Å². The average molecular weight is 359 g/mol. The summed E-state index contributed by atoms with van der Waals surface area (Å²) in [6.45, 7) is 6.11. The third-order valence-electron chi connectivity index (χ3n) is 5.58. The number of rotatable bonds is 3. The van der Waals surface area contributed by atoms with Crippen LogP contribution in [0.25, 0.3) is 10.9 Å². The second kappa shape index (κ2) is 7.39. The minimum atomic E-state index is 0.0549. The summed E-state index contributed by atoms with van der Waals surface area (Å²) < 4.78 is 0. The minimum absolute atomic E-state index is 0.0549. The zero-order valence-corrected chi connectivity index (χ0v) is 15.9. The molecule has 0 spiro atoms. The fraction of sp³-hybridized carbons (Fsp3) is 0.304. The summed E-state index contributed by atoms with van der Waals surface area (Å²) in [6.07, 6.45) is 3.49. The van der Waals surface area contributed by atoms with Crippen molar-refractivity contribution in [3.63, 3.8) is 0 Å². The summed E-state index contributed by atoms with van der Waals surface area (Å²) in [4.78, 5) is 19.5. The molecule has 1 amide bonds. The van der Waals surface area contributed by atoms with Crippen LogP contribution in [-0.4, -0.2) is 24.0 Å². The topological polar surface area (TPSA) is 45.2 Å². The molecule has 4 nitrogen and oxygen atoms in total. The van der Waals surface area contributed by atoms with Gasteiger partial charge in [-0.3, -0.25) is 9.78 Å². The van der Waals surface area contributed by atoms with Crippen molar-refractivity contribution < 1.29 is 4.79 Å². The van der Waals surface area contributed by atoms with Crippen molar-refractivity contribution in [3.05, 3.63) is 65.9 Å². The summed E-state index contributed by atoms with van der Waals surface area (Å²) in [7, 11) is 0. The number of fused-ring (bicyclic) bond motifs is 1. The Morgan fingerprint density at radius 3 is 2.59 bits per heavy atom. The Balaban J connectivity index is 1.38. The van der Waals surface area contributed by atoms with Crippen LogP contribution in [0.15, 0.2) is 54.7 Å². The first-order valence-corrected chi connectivity index (χ1v) is 9.58. The first kappa shape index (κ1) is 17.5. The molecule has 138 valence electrons. The van der Waals surface area contributed by atoms with Crippen molar-refractivity contribution in [2.45, 2.75) is 26.7 Å². The van der Waals surface area contributed by atoms with E-state index in [2.05, 4.69) is 47.2 Å². The van der Waals surface area contributed by atoms with Gasteiger partial charge in [-0.1, -0.05) is 24.3 Å².